The summed E-state index contributed by atoms with van der Waals surface area (Å²) in [5.41, 5.74) is 2.07. The minimum atomic E-state index is -0.0697. The number of hydrogen-bond acceptors (Lipinski definition) is 1. The second-order valence-electron chi connectivity index (χ2n) is 2.81. The number of hydrogen-bond donors (Lipinski definition) is 1. The lowest BCUT2D eigenvalue weighted by Gasteiger charge is -1.98. The Morgan fingerprint density at radius 1 is 0.765 bits per heavy atom. The molecule has 2 aromatic rings. The largest absolute Gasteiger partial charge is 0.328 e. The predicted molar refractivity (Wildman–Crippen MR) is 75.2 cm³/mol. The van der Waals surface area contributed by atoms with Crippen molar-refractivity contribution in [1.29, 1.82) is 0 Å². The average Bonchev–Trinajstić information content (AvgIpc) is 2.45. The summed E-state index contributed by atoms with van der Waals surface area (Å²) in [6.45, 7) is 8.00. The Morgan fingerprint density at radius 3 is 1.82 bits per heavy atom. The van der Waals surface area contributed by atoms with Gasteiger partial charge in [0.1, 0.15) is 0 Å². The van der Waals surface area contributed by atoms with Crippen molar-refractivity contribution in [3.8, 4) is 11.1 Å². The maximum atomic E-state index is 10.8. The highest BCUT2D eigenvalue weighted by Crippen LogP contribution is 2.15. The van der Waals surface area contributed by atoms with Gasteiger partial charge in [0.2, 0.25) is 5.56 Å². The second-order valence-corrected chi connectivity index (χ2v) is 2.81. The lowest BCUT2D eigenvalue weighted by molar-refractivity contribution is 1.24. The van der Waals surface area contributed by atoms with Gasteiger partial charge in [-0.15, -0.1) is 0 Å². The molecular weight excluding hydrogens is 210 g/mol. The van der Waals surface area contributed by atoms with E-state index in [1.54, 1.807) is 6.20 Å². The molecule has 0 spiro atoms. The number of aromatic nitrogens is 1. The first kappa shape index (κ1) is 15.2. The molecule has 0 fully saturated rings. The molecule has 0 aliphatic heterocycles. The van der Waals surface area contributed by atoms with Gasteiger partial charge in [0.15, 0.2) is 0 Å². The van der Waals surface area contributed by atoms with Crippen molar-refractivity contribution < 1.29 is 0 Å². The second kappa shape index (κ2) is 9.40. The van der Waals surface area contributed by atoms with Crippen LogP contribution in [0.3, 0.4) is 0 Å². The molecule has 0 amide bonds. The highest BCUT2D eigenvalue weighted by Gasteiger charge is 1.94. The van der Waals surface area contributed by atoms with Crippen LogP contribution in [-0.2, 0) is 0 Å². The quantitative estimate of drug-likeness (QED) is 0.787. The Bertz CT molecular complexity index is 425. The Balaban J connectivity index is 0.000000581. The fourth-order valence-corrected chi connectivity index (χ4v) is 1.22. The van der Waals surface area contributed by atoms with Gasteiger partial charge in [0, 0.05) is 12.3 Å². The zero-order chi connectivity index (χ0) is 13.1. The fraction of sp³-hybridized carbons (Fsp3) is 0.267. The summed E-state index contributed by atoms with van der Waals surface area (Å²) in [6.07, 6.45) is 1.72. The molecule has 0 aliphatic carbocycles. The van der Waals surface area contributed by atoms with Gasteiger partial charge in [-0.3, -0.25) is 4.79 Å². The van der Waals surface area contributed by atoms with Crippen LogP contribution < -0.4 is 5.56 Å². The third-order valence-electron chi connectivity index (χ3n) is 1.89. The van der Waals surface area contributed by atoms with Gasteiger partial charge in [0.05, 0.1) is 0 Å². The van der Waals surface area contributed by atoms with Crippen LogP contribution in [0.25, 0.3) is 11.1 Å². The Hall–Kier alpha value is -1.83. The van der Waals surface area contributed by atoms with Gasteiger partial charge in [0.25, 0.3) is 0 Å². The van der Waals surface area contributed by atoms with Gasteiger partial charge < -0.3 is 4.98 Å². The molecule has 1 N–H and O–H groups in total. The minimum absolute atomic E-state index is 0.0697. The van der Waals surface area contributed by atoms with E-state index in [9.17, 15) is 4.79 Å². The molecule has 92 valence electrons. The van der Waals surface area contributed by atoms with Crippen molar-refractivity contribution in [2.24, 2.45) is 0 Å². The molecule has 1 aromatic heterocycles. The number of H-pyrrole nitrogens is 1. The van der Waals surface area contributed by atoms with Crippen molar-refractivity contribution >= 4 is 0 Å². The van der Waals surface area contributed by atoms with E-state index in [0.717, 1.165) is 11.1 Å². The van der Waals surface area contributed by atoms with Gasteiger partial charge in [-0.05, 0) is 17.2 Å². The number of nitrogens with one attached hydrogen (secondary N) is 1. The Morgan fingerprint density at radius 2 is 1.35 bits per heavy atom. The molecular formula is C15H21NO. The van der Waals surface area contributed by atoms with Gasteiger partial charge in [-0.25, -0.2) is 0 Å². The number of rotatable bonds is 1. The van der Waals surface area contributed by atoms with E-state index in [4.69, 9.17) is 0 Å². The first-order valence-corrected chi connectivity index (χ1v) is 6.10. The monoisotopic (exact) mass is 231 g/mol. The normalized spacial score (nSPS) is 8.24. The van der Waals surface area contributed by atoms with Crippen LogP contribution in [-0.4, -0.2) is 4.98 Å². The van der Waals surface area contributed by atoms with Crippen molar-refractivity contribution in [2.75, 3.05) is 0 Å². The van der Waals surface area contributed by atoms with Crippen LogP contribution in [0, 0.1) is 0 Å². The number of aromatic amines is 1. The molecule has 2 nitrogen and oxygen atoms in total. The topological polar surface area (TPSA) is 32.9 Å². The summed E-state index contributed by atoms with van der Waals surface area (Å²) in [7, 11) is 0. The van der Waals surface area contributed by atoms with Crippen molar-refractivity contribution in [2.45, 2.75) is 27.7 Å². The summed E-state index contributed by atoms with van der Waals surface area (Å²) in [6, 6.07) is 13.3. The maximum absolute atomic E-state index is 10.8. The van der Waals surface area contributed by atoms with E-state index >= 15 is 0 Å². The van der Waals surface area contributed by atoms with E-state index < -0.39 is 0 Å². The number of benzene rings is 1. The molecule has 17 heavy (non-hydrogen) atoms. The maximum Gasteiger partial charge on any atom is 0.247 e. The third kappa shape index (κ3) is 5.16. The molecule has 1 heterocycles. The molecule has 0 bridgehead atoms. The van der Waals surface area contributed by atoms with E-state index in [1.165, 1.54) is 6.07 Å². The highest BCUT2D eigenvalue weighted by molar-refractivity contribution is 5.61. The molecule has 0 saturated carbocycles. The molecule has 1 aromatic carbocycles. The van der Waals surface area contributed by atoms with Crippen LogP contribution in [0.4, 0.5) is 0 Å². The SMILES string of the molecule is CC.CC.O=c1ccc(-c2ccccc2)c[nH]1. The predicted octanol–water partition coefficient (Wildman–Crippen LogP) is 4.09. The molecule has 0 atom stereocenters. The fourth-order valence-electron chi connectivity index (χ4n) is 1.22. The van der Waals surface area contributed by atoms with Crippen molar-refractivity contribution in [1.82, 2.24) is 4.98 Å². The van der Waals surface area contributed by atoms with Crippen LogP contribution in [0.1, 0.15) is 27.7 Å². The first-order valence-electron chi connectivity index (χ1n) is 6.10. The van der Waals surface area contributed by atoms with Gasteiger partial charge >= 0.3 is 0 Å². The zero-order valence-corrected chi connectivity index (χ0v) is 11.0. The standard InChI is InChI=1S/C11H9NO.2C2H6/c13-11-7-6-10(8-12-11)9-4-2-1-3-5-9;2*1-2/h1-8H,(H,12,13);2*1-2H3. The van der Waals surface area contributed by atoms with Crippen LogP contribution in [0.5, 0.6) is 0 Å². The van der Waals surface area contributed by atoms with Crippen molar-refractivity contribution in [3.63, 3.8) is 0 Å². The molecule has 2 heteroatoms. The number of pyridine rings is 1. The lowest BCUT2D eigenvalue weighted by Crippen LogP contribution is -2.01. The van der Waals surface area contributed by atoms with Crippen LogP contribution >= 0.6 is 0 Å². The lowest BCUT2D eigenvalue weighted by atomic mass is 10.1. The van der Waals surface area contributed by atoms with Crippen LogP contribution in [0.15, 0.2) is 53.5 Å². The van der Waals surface area contributed by atoms with E-state index in [1.807, 2.05) is 64.1 Å². The average molecular weight is 231 g/mol. The summed E-state index contributed by atoms with van der Waals surface area (Å²) in [5, 5.41) is 0. The summed E-state index contributed by atoms with van der Waals surface area (Å²) < 4.78 is 0. The Labute approximate surface area is 103 Å². The summed E-state index contributed by atoms with van der Waals surface area (Å²) >= 11 is 0. The summed E-state index contributed by atoms with van der Waals surface area (Å²) in [4.78, 5) is 13.4. The molecule has 0 radical (unpaired) electrons. The third-order valence-corrected chi connectivity index (χ3v) is 1.89. The smallest absolute Gasteiger partial charge is 0.247 e. The minimum Gasteiger partial charge on any atom is -0.328 e. The van der Waals surface area contributed by atoms with E-state index in [-0.39, 0.29) is 5.56 Å². The molecule has 0 unspecified atom stereocenters. The van der Waals surface area contributed by atoms with Crippen molar-refractivity contribution in [3.05, 3.63) is 59.0 Å². The summed E-state index contributed by atoms with van der Waals surface area (Å²) in [5.74, 6) is 0. The first-order chi connectivity index (χ1) is 8.36. The van der Waals surface area contributed by atoms with Gasteiger partial charge in [-0.1, -0.05) is 58.0 Å². The van der Waals surface area contributed by atoms with Gasteiger partial charge in [-0.2, -0.15) is 0 Å². The zero-order valence-electron chi connectivity index (χ0n) is 11.0. The van der Waals surface area contributed by atoms with Crippen LogP contribution in [0.2, 0.25) is 0 Å². The molecule has 0 aliphatic rings. The Kier molecular flexibility index (Phi) is 8.39. The molecule has 0 saturated heterocycles. The van der Waals surface area contributed by atoms with E-state index in [2.05, 4.69) is 4.98 Å². The highest BCUT2D eigenvalue weighted by atomic mass is 16.1. The molecule has 2 rings (SSSR count). The van der Waals surface area contributed by atoms with E-state index in [0.29, 0.717) is 0 Å².